The second-order valence-electron chi connectivity index (χ2n) is 4.27. The summed E-state index contributed by atoms with van der Waals surface area (Å²) in [7, 11) is 0. The van der Waals surface area contributed by atoms with Crippen LogP contribution in [0.25, 0.3) is 10.9 Å². The summed E-state index contributed by atoms with van der Waals surface area (Å²) in [6.45, 7) is 2.33. The molecular formula is C13H15N3O3. The number of aliphatic hydroxyl groups excluding tert-OH is 1. The Kier molecular flexibility index (Phi) is 3.91. The van der Waals surface area contributed by atoms with E-state index in [0.29, 0.717) is 24.3 Å². The number of rotatable bonds is 5. The maximum atomic E-state index is 10.7. The first-order valence-electron chi connectivity index (χ1n) is 6.07. The van der Waals surface area contributed by atoms with Crippen molar-refractivity contribution in [2.24, 2.45) is 0 Å². The lowest BCUT2D eigenvalue weighted by atomic mass is 10.2. The number of hydrogen-bond donors (Lipinski definition) is 2. The van der Waals surface area contributed by atoms with Gasteiger partial charge in [-0.3, -0.25) is 10.1 Å². The molecule has 0 aliphatic rings. The predicted molar refractivity (Wildman–Crippen MR) is 73.2 cm³/mol. The second-order valence-corrected chi connectivity index (χ2v) is 4.27. The molecule has 0 saturated carbocycles. The van der Waals surface area contributed by atoms with E-state index in [0.717, 1.165) is 5.39 Å². The van der Waals surface area contributed by atoms with Gasteiger partial charge in [0.25, 0.3) is 5.69 Å². The van der Waals surface area contributed by atoms with Crippen molar-refractivity contribution in [3.05, 3.63) is 40.4 Å². The molecule has 0 aliphatic carbocycles. The molecule has 0 radical (unpaired) electrons. The van der Waals surface area contributed by atoms with Crippen molar-refractivity contribution < 1.29 is 10.0 Å². The minimum absolute atomic E-state index is 0.0522. The molecule has 0 fully saturated rings. The quantitative estimate of drug-likeness (QED) is 0.637. The smallest absolute Gasteiger partial charge is 0.270 e. The van der Waals surface area contributed by atoms with E-state index in [9.17, 15) is 15.2 Å². The number of non-ortho nitro benzene ring substituents is 1. The number of pyridine rings is 1. The normalized spacial score (nSPS) is 12.3. The third kappa shape index (κ3) is 3.17. The van der Waals surface area contributed by atoms with Gasteiger partial charge >= 0.3 is 0 Å². The molecule has 0 bridgehead atoms. The lowest BCUT2D eigenvalue weighted by Gasteiger charge is -2.10. The van der Waals surface area contributed by atoms with Gasteiger partial charge in [-0.25, -0.2) is 4.98 Å². The van der Waals surface area contributed by atoms with Crippen molar-refractivity contribution in [3.8, 4) is 0 Å². The SMILES string of the molecule is CCC(O)CNc1ccc2cc([N+](=O)[O-])ccc2n1. The van der Waals surface area contributed by atoms with Gasteiger partial charge in [-0.2, -0.15) is 0 Å². The highest BCUT2D eigenvalue weighted by Crippen LogP contribution is 2.21. The molecule has 6 heteroatoms. The zero-order chi connectivity index (χ0) is 13.8. The first kappa shape index (κ1) is 13.2. The maximum absolute atomic E-state index is 10.7. The lowest BCUT2D eigenvalue weighted by Crippen LogP contribution is -2.18. The van der Waals surface area contributed by atoms with Crippen molar-refractivity contribution in [2.75, 3.05) is 11.9 Å². The van der Waals surface area contributed by atoms with Crippen LogP contribution in [0.15, 0.2) is 30.3 Å². The second kappa shape index (κ2) is 5.62. The Labute approximate surface area is 110 Å². The molecule has 0 aliphatic heterocycles. The van der Waals surface area contributed by atoms with Gasteiger partial charge in [0, 0.05) is 24.1 Å². The molecule has 0 amide bonds. The third-order valence-electron chi connectivity index (χ3n) is 2.87. The molecule has 1 atom stereocenters. The molecule has 0 spiro atoms. The molecule has 6 nitrogen and oxygen atoms in total. The number of aromatic nitrogens is 1. The van der Waals surface area contributed by atoms with Crippen LogP contribution in [0, 0.1) is 10.1 Å². The molecule has 100 valence electrons. The first-order valence-corrected chi connectivity index (χ1v) is 6.07. The average molecular weight is 261 g/mol. The number of aliphatic hydroxyl groups is 1. The van der Waals surface area contributed by atoms with Crippen molar-refractivity contribution in [2.45, 2.75) is 19.4 Å². The number of nitro groups is 1. The summed E-state index contributed by atoms with van der Waals surface area (Å²) < 4.78 is 0. The van der Waals surface area contributed by atoms with Gasteiger partial charge in [-0.15, -0.1) is 0 Å². The topological polar surface area (TPSA) is 88.3 Å². The van der Waals surface area contributed by atoms with Crippen molar-refractivity contribution in [1.29, 1.82) is 0 Å². The number of benzene rings is 1. The molecule has 1 aromatic carbocycles. The molecule has 2 aromatic rings. The highest BCUT2D eigenvalue weighted by atomic mass is 16.6. The van der Waals surface area contributed by atoms with Crippen molar-refractivity contribution in [3.63, 3.8) is 0 Å². The van der Waals surface area contributed by atoms with Crippen LogP contribution in [-0.2, 0) is 0 Å². The largest absolute Gasteiger partial charge is 0.391 e. The fraction of sp³-hybridized carbons (Fsp3) is 0.308. The Morgan fingerprint density at radius 2 is 2.21 bits per heavy atom. The maximum Gasteiger partial charge on any atom is 0.270 e. The van der Waals surface area contributed by atoms with E-state index in [1.807, 2.05) is 6.92 Å². The lowest BCUT2D eigenvalue weighted by molar-refractivity contribution is -0.384. The number of nitrogens with zero attached hydrogens (tertiary/aromatic N) is 2. The van der Waals surface area contributed by atoms with Crippen LogP contribution >= 0.6 is 0 Å². The Bertz CT molecular complexity index is 601. The van der Waals surface area contributed by atoms with Crippen LogP contribution in [0.2, 0.25) is 0 Å². The number of nitrogens with one attached hydrogen (secondary N) is 1. The fourth-order valence-corrected chi connectivity index (χ4v) is 1.69. The van der Waals surface area contributed by atoms with Crippen LogP contribution in [0.5, 0.6) is 0 Å². The summed E-state index contributed by atoms with van der Waals surface area (Å²) in [5.41, 5.74) is 0.734. The minimum atomic E-state index is -0.427. The molecule has 1 unspecified atom stereocenters. The Morgan fingerprint density at radius 1 is 1.42 bits per heavy atom. The summed E-state index contributed by atoms with van der Waals surface area (Å²) in [6, 6.07) is 8.06. The third-order valence-corrected chi connectivity index (χ3v) is 2.87. The summed E-state index contributed by atoms with van der Waals surface area (Å²) in [6.07, 6.45) is 0.265. The number of hydrogen-bond acceptors (Lipinski definition) is 5. The average Bonchev–Trinajstić information content (AvgIpc) is 2.43. The van der Waals surface area contributed by atoms with Crippen LogP contribution < -0.4 is 5.32 Å². The molecule has 2 N–H and O–H groups in total. The van der Waals surface area contributed by atoms with Gasteiger partial charge in [0.1, 0.15) is 5.82 Å². The molecule has 0 saturated heterocycles. The van der Waals surface area contributed by atoms with Crippen LogP contribution in [0.1, 0.15) is 13.3 Å². The van der Waals surface area contributed by atoms with Crippen LogP contribution in [0.3, 0.4) is 0 Å². The van der Waals surface area contributed by atoms with E-state index >= 15 is 0 Å². The number of nitro benzene ring substituents is 1. The number of anilines is 1. The fourth-order valence-electron chi connectivity index (χ4n) is 1.69. The van der Waals surface area contributed by atoms with Gasteiger partial charge in [0.05, 0.1) is 16.5 Å². The monoisotopic (exact) mass is 261 g/mol. The van der Waals surface area contributed by atoms with Crippen LogP contribution in [-0.4, -0.2) is 27.7 Å². The predicted octanol–water partition coefficient (Wildman–Crippen LogP) is 2.33. The van der Waals surface area contributed by atoms with Gasteiger partial charge in [-0.05, 0) is 24.6 Å². The summed E-state index contributed by atoms with van der Waals surface area (Å²) in [5.74, 6) is 0.647. The summed E-state index contributed by atoms with van der Waals surface area (Å²) in [4.78, 5) is 14.6. The van der Waals surface area contributed by atoms with E-state index < -0.39 is 11.0 Å². The molecule has 1 heterocycles. The molecule has 2 rings (SSSR count). The highest BCUT2D eigenvalue weighted by molar-refractivity contribution is 5.82. The number of fused-ring (bicyclic) bond motifs is 1. The standard InChI is InChI=1S/C13H15N3O3/c1-2-11(17)8-14-13-6-3-9-7-10(16(18)19)4-5-12(9)15-13/h3-7,11,17H,2,8H2,1H3,(H,14,15). The minimum Gasteiger partial charge on any atom is -0.391 e. The van der Waals surface area contributed by atoms with Crippen molar-refractivity contribution in [1.82, 2.24) is 4.98 Å². The van der Waals surface area contributed by atoms with E-state index in [4.69, 9.17) is 0 Å². The Morgan fingerprint density at radius 3 is 2.89 bits per heavy atom. The zero-order valence-corrected chi connectivity index (χ0v) is 10.5. The van der Waals surface area contributed by atoms with E-state index in [2.05, 4.69) is 10.3 Å². The van der Waals surface area contributed by atoms with Crippen molar-refractivity contribution >= 4 is 22.4 Å². The van der Waals surface area contributed by atoms with Gasteiger partial charge in [0.2, 0.25) is 0 Å². The van der Waals surface area contributed by atoms with Gasteiger partial charge < -0.3 is 10.4 Å². The molecule has 19 heavy (non-hydrogen) atoms. The Balaban J connectivity index is 2.21. The van der Waals surface area contributed by atoms with Crippen LogP contribution in [0.4, 0.5) is 11.5 Å². The highest BCUT2D eigenvalue weighted by Gasteiger charge is 2.07. The summed E-state index contributed by atoms with van der Waals surface area (Å²) in [5, 5.41) is 23.9. The van der Waals surface area contributed by atoms with Gasteiger partial charge in [0.15, 0.2) is 0 Å². The van der Waals surface area contributed by atoms with Gasteiger partial charge in [-0.1, -0.05) is 6.92 Å². The van der Waals surface area contributed by atoms with E-state index in [-0.39, 0.29) is 5.69 Å². The van der Waals surface area contributed by atoms with E-state index in [1.54, 1.807) is 18.2 Å². The molecule has 1 aromatic heterocycles. The Hall–Kier alpha value is -2.21. The zero-order valence-electron chi connectivity index (χ0n) is 10.5. The van der Waals surface area contributed by atoms with E-state index in [1.165, 1.54) is 12.1 Å². The first-order chi connectivity index (χ1) is 9.10. The molecular weight excluding hydrogens is 246 g/mol. The summed E-state index contributed by atoms with van der Waals surface area (Å²) >= 11 is 0.